The van der Waals surface area contributed by atoms with Crippen LogP contribution < -0.4 is 5.32 Å². The van der Waals surface area contributed by atoms with Crippen molar-refractivity contribution in [2.24, 2.45) is 0 Å². The van der Waals surface area contributed by atoms with Gasteiger partial charge in [-0.15, -0.1) is 11.3 Å². The van der Waals surface area contributed by atoms with Crippen LogP contribution in [-0.4, -0.2) is 45.6 Å². The average Bonchev–Trinajstić information content (AvgIpc) is 3.24. The zero-order chi connectivity index (χ0) is 21.0. The van der Waals surface area contributed by atoms with E-state index in [0.29, 0.717) is 15.7 Å². The Morgan fingerprint density at radius 2 is 2.07 bits per heavy atom. The highest BCUT2D eigenvalue weighted by Gasteiger charge is 2.28. The number of imide groups is 1. The molecule has 1 aromatic carbocycles. The number of benzene rings is 1. The maximum atomic E-state index is 12.3. The van der Waals surface area contributed by atoms with E-state index in [0.717, 1.165) is 5.69 Å². The molecule has 1 saturated heterocycles. The van der Waals surface area contributed by atoms with E-state index in [1.165, 1.54) is 46.2 Å². The zero-order valence-corrected chi connectivity index (χ0v) is 17.2. The first-order valence-electron chi connectivity index (χ1n) is 8.85. The molecule has 152 valence electrons. The molecule has 0 bridgehead atoms. The van der Waals surface area contributed by atoms with E-state index >= 15 is 0 Å². The summed E-state index contributed by atoms with van der Waals surface area (Å²) in [5.41, 5.74) is 0.849. The smallest absolute Gasteiger partial charge is 0.284 e. The van der Waals surface area contributed by atoms with E-state index in [-0.39, 0.29) is 49.0 Å². The number of aryl methyl sites for hydroxylation is 1. The molecule has 0 radical (unpaired) electrons. The molecule has 0 aliphatic carbocycles. The molecule has 2 heterocycles. The van der Waals surface area contributed by atoms with Gasteiger partial charge in [0, 0.05) is 48.6 Å². The van der Waals surface area contributed by atoms with Crippen molar-refractivity contribution < 1.29 is 19.3 Å². The van der Waals surface area contributed by atoms with Gasteiger partial charge in [-0.3, -0.25) is 29.4 Å². The van der Waals surface area contributed by atoms with Crippen LogP contribution in [0.25, 0.3) is 0 Å². The van der Waals surface area contributed by atoms with Gasteiger partial charge in [0.05, 0.1) is 9.82 Å². The van der Waals surface area contributed by atoms with Crippen LogP contribution in [0.4, 0.5) is 5.69 Å². The number of nitrogens with one attached hydrogen (secondary N) is 1. The summed E-state index contributed by atoms with van der Waals surface area (Å²) in [6, 6.07) is 4.31. The van der Waals surface area contributed by atoms with Crippen molar-refractivity contribution in [3.05, 3.63) is 45.0 Å². The van der Waals surface area contributed by atoms with Gasteiger partial charge in [0.25, 0.3) is 11.6 Å². The van der Waals surface area contributed by atoms with Crippen LogP contribution in [0.3, 0.4) is 0 Å². The number of nitro benzene ring substituents is 1. The fraction of sp³-hybridized carbons (Fsp3) is 0.333. The summed E-state index contributed by atoms with van der Waals surface area (Å²) in [5, 5.41) is 16.0. The Bertz CT molecular complexity index is 959. The van der Waals surface area contributed by atoms with Gasteiger partial charge in [-0.25, -0.2) is 4.98 Å². The van der Waals surface area contributed by atoms with Gasteiger partial charge >= 0.3 is 0 Å². The Morgan fingerprint density at radius 1 is 1.34 bits per heavy atom. The van der Waals surface area contributed by atoms with Gasteiger partial charge in [-0.1, -0.05) is 11.8 Å². The number of carbonyl (C=O) groups excluding carboxylic acids is 3. The minimum atomic E-state index is -0.524. The molecular formula is C18H18N4O5S2. The lowest BCUT2D eigenvalue weighted by Gasteiger charge is -2.13. The molecule has 1 fully saturated rings. The van der Waals surface area contributed by atoms with Gasteiger partial charge in [-0.05, 0) is 25.5 Å². The normalized spacial score (nSPS) is 13.8. The van der Waals surface area contributed by atoms with E-state index in [9.17, 15) is 24.5 Å². The monoisotopic (exact) mass is 434 g/mol. The number of amides is 3. The average molecular weight is 434 g/mol. The highest BCUT2D eigenvalue weighted by Crippen LogP contribution is 2.36. The van der Waals surface area contributed by atoms with E-state index in [1.807, 2.05) is 12.3 Å². The lowest BCUT2D eigenvalue weighted by atomic mass is 10.2. The first-order chi connectivity index (χ1) is 13.8. The van der Waals surface area contributed by atoms with E-state index in [1.54, 1.807) is 0 Å². The molecule has 1 aromatic heterocycles. The Morgan fingerprint density at radius 3 is 2.69 bits per heavy atom. The Kier molecular flexibility index (Phi) is 6.60. The highest BCUT2D eigenvalue weighted by atomic mass is 32.2. The molecule has 0 spiro atoms. The highest BCUT2D eigenvalue weighted by molar-refractivity contribution is 8.01. The minimum absolute atomic E-state index is 0.163. The van der Waals surface area contributed by atoms with Crippen LogP contribution in [0.1, 0.15) is 35.3 Å². The molecule has 1 aliphatic rings. The quantitative estimate of drug-likeness (QED) is 0.293. The van der Waals surface area contributed by atoms with Gasteiger partial charge in [-0.2, -0.15) is 0 Å². The van der Waals surface area contributed by atoms with Crippen LogP contribution in [0.2, 0.25) is 0 Å². The third-order valence-electron chi connectivity index (χ3n) is 4.21. The SMILES string of the molecule is Cc1csc(Sc2ccc(C(=O)NCCCN3C(=O)CCC3=O)cc2[N+](=O)[O-])n1. The molecule has 11 heteroatoms. The van der Waals surface area contributed by atoms with Crippen molar-refractivity contribution in [1.29, 1.82) is 0 Å². The fourth-order valence-electron chi connectivity index (χ4n) is 2.77. The van der Waals surface area contributed by atoms with Crippen molar-refractivity contribution in [1.82, 2.24) is 15.2 Å². The molecule has 3 rings (SSSR count). The van der Waals surface area contributed by atoms with Gasteiger partial charge in [0.1, 0.15) is 0 Å². The largest absolute Gasteiger partial charge is 0.352 e. The van der Waals surface area contributed by atoms with Crippen molar-refractivity contribution in [2.45, 2.75) is 35.4 Å². The summed E-state index contributed by atoms with van der Waals surface area (Å²) in [5.74, 6) is -0.838. The number of carbonyl (C=O) groups is 3. The van der Waals surface area contributed by atoms with Crippen LogP contribution in [0, 0.1) is 17.0 Å². The number of hydrogen-bond acceptors (Lipinski definition) is 8. The lowest BCUT2D eigenvalue weighted by molar-refractivity contribution is -0.387. The molecule has 3 amide bonds. The first-order valence-corrected chi connectivity index (χ1v) is 10.5. The maximum absolute atomic E-state index is 12.3. The van der Waals surface area contributed by atoms with Gasteiger partial charge in [0.15, 0.2) is 4.34 Å². The number of nitrogens with zero attached hydrogens (tertiary/aromatic N) is 3. The summed E-state index contributed by atoms with van der Waals surface area (Å²) < 4.78 is 0.689. The molecule has 9 nitrogen and oxygen atoms in total. The van der Waals surface area contributed by atoms with E-state index in [4.69, 9.17) is 0 Å². The second-order valence-electron chi connectivity index (χ2n) is 6.35. The number of nitro groups is 1. The molecule has 0 unspecified atom stereocenters. The number of aromatic nitrogens is 1. The number of thiazole rings is 1. The van der Waals surface area contributed by atoms with Gasteiger partial charge in [0.2, 0.25) is 11.8 Å². The standard InChI is InChI=1S/C18H18N4O5S2/c1-11-10-28-18(20-11)29-14-4-3-12(9-13(14)22(26)27)17(25)19-7-2-8-21-15(23)5-6-16(21)24/h3-4,9-10H,2,5-8H2,1H3,(H,19,25). The molecule has 1 aliphatic heterocycles. The Balaban J connectivity index is 1.60. The van der Waals surface area contributed by atoms with Crippen LogP contribution in [0.15, 0.2) is 32.8 Å². The van der Waals surface area contributed by atoms with Crippen LogP contribution in [-0.2, 0) is 9.59 Å². The van der Waals surface area contributed by atoms with Crippen LogP contribution >= 0.6 is 23.1 Å². The van der Waals surface area contributed by atoms with E-state index in [2.05, 4.69) is 10.3 Å². The fourth-order valence-corrected chi connectivity index (χ4v) is 4.65. The maximum Gasteiger partial charge on any atom is 0.284 e. The summed E-state index contributed by atoms with van der Waals surface area (Å²) in [4.78, 5) is 52.2. The topological polar surface area (TPSA) is 123 Å². The summed E-state index contributed by atoms with van der Waals surface area (Å²) in [6.07, 6.45) is 0.891. The van der Waals surface area contributed by atoms with Crippen molar-refractivity contribution >= 4 is 46.5 Å². The molecule has 0 saturated carbocycles. The summed E-state index contributed by atoms with van der Waals surface area (Å²) in [7, 11) is 0. The third kappa shape index (κ3) is 5.18. The minimum Gasteiger partial charge on any atom is -0.352 e. The molecule has 29 heavy (non-hydrogen) atoms. The molecule has 0 atom stereocenters. The second-order valence-corrected chi connectivity index (χ2v) is 8.49. The Hall–Kier alpha value is -2.79. The summed E-state index contributed by atoms with van der Waals surface area (Å²) >= 11 is 2.58. The summed E-state index contributed by atoms with van der Waals surface area (Å²) in [6.45, 7) is 2.34. The third-order valence-corrected chi connectivity index (χ3v) is 6.33. The van der Waals surface area contributed by atoms with Gasteiger partial charge < -0.3 is 5.32 Å². The number of hydrogen-bond donors (Lipinski definition) is 1. The van der Waals surface area contributed by atoms with Crippen molar-refractivity contribution in [2.75, 3.05) is 13.1 Å². The number of rotatable bonds is 8. The molecular weight excluding hydrogens is 416 g/mol. The van der Waals surface area contributed by atoms with E-state index < -0.39 is 10.8 Å². The Labute approximate surface area is 174 Å². The van der Waals surface area contributed by atoms with Crippen LogP contribution in [0.5, 0.6) is 0 Å². The molecule has 2 aromatic rings. The second kappa shape index (κ2) is 9.14. The van der Waals surface area contributed by atoms with Crippen molar-refractivity contribution in [3.63, 3.8) is 0 Å². The van der Waals surface area contributed by atoms with Crippen molar-refractivity contribution in [3.8, 4) is 0 Å². The first kappa shape index (κ1) is 20.9. The molecule has 1 N–H and O–H groups in total. The number of likely N-dealkylation sites (tertiary alicyclic amines) is 1. The predicted molar refractivity (Wildman–Crippen MR) is 107 cm³/mol. The zero-order valence-electron chi connectivity index (χ0n) is 15.5. The lowest BCUT2D eigenvalue weighted by Crippen LogP contribution is -2.33. The predicted octanol–water partition coefficient (Wildman–Crippen LogP) is 2.78.